The van der Waals surface area contributed by atoms with Crippen molar-refractivity contribution in [2.75, 3.05) is 39.6 Å². The zero-order valence-corrected chi connectivity index (χ0v) is 22.1. The molecule has 7 nitrogen and oxygen atoms in total. The third-order valence-electron chi connectivity index (χ3n) is 7.16. The van der Waals surface area contributed by atoms with Crippen molar-refractivity contribution in [1.29, 1.82) is 0 Å². The first-order chi connectivity index (χ1) is 18.6. The van der Waals surface area contributed by atoms with E-state index in [1.54, 1.807) is 0 Å². The van der Waals surface area contributed by atoms with E-state index in [4.69, 9.17) is 25.8 Å². The number of nitrogens with zero attached hydrogens (tertiary/aromatic N) is 3. The highest BCUT2D eigenvalue weighted by Gasteiger charge is 2.26. The Kier molecular flexibility index (Phi) is 6.87. The van der Waals surface area contributed by atoms with Crippen LogP contribution >= 0.6 is 11.6 Å². The third-order valence-corrected chi connectivity index (χ3v) is 7.39. The molecule has 0 N–H and O–H groups in total. The molecule has 0 radical (unpaired) electrons. The Hall–Kier alpha value is -3.68. The number of carbonyl (C=O) groups excluding carboxylic acids is 1. The van der Waals surface area contributed by atoms with E-state index in [1.807, 2.05) is 72.5 Å². The van der Waals surface area contributed by atoms with Gasteiger partial charge in [-0.15, -0.1) is 0 Å². The van der Waals surface area contributed by atoms with Gasteiger partial charge >= 0.3 is 0 Å². The van der Waals surface area contributed by atoms with Crippen molar-refractivity contribution >= 4 is 28.4 Å². The quantitative estimate of drug-likeness (QED) is 0.318. The van der Waals surface area contributed by atoms with Crippen molar-refractivity contribution in [3.05, 3.63) is 88.6 Å². The second-order valence-corrected chi connectivity index (χ2v) is 10.1. The van der Waals surface area contributed by atoms with Crippen LogP contribution in [0.2, 0.25) is 5.02 Å². The molecule has 8 heteroatoms. The smallest absolute Gasteiger partial charge is 0.270 e. The summed E-state index contributed by atoms with van der Waals surface area (Å²) in [6.45, 7) is 7.11. The normalized spacial score (nSPS) is 15.3. The molecule has 1 saturated heterocycles. The minimum absolute atomic E-state index is 0.0356. The van der Waals surface area contributed by atoms with Gasteiger partial charge in [-0.25, -0.2) is 0 Å². The molecular formula is C30H30ClN3O4. The van der Waals surface area contributed by atoms with Crippen LogP contribution in [0.15, 0.2) is 66.7 Å². The molecule has 0 spiro atoms. The van der Waals surface area contributed by atoms with Crippen molar-refractivity contribution < 1.29 is 19.0 Å². The fraction of sp³-hybridized carbons (Fsp3) is 0.300. The molecule has 0 atom stereocenters. The average Bonchev–Trinajstić information content (AvgIpc) is 3.54. The summed E-state index contributed by atoms with van der Waals surface area (Å²) in [5.74, 6) is 2.42. The molecule has 196 valence electrons. The maximum atomic E-state index is 13.9. The maximum absolute atomic E-state index is 13.9. The summed E-state index contributed by atoms with van der Waals surface area (Å²) in [5, 5.41) is 1.63. The largest absolute Gasteiger partial charge is 0.493 e. The first-order valence-electron chi connectivity index (χ1n) is 13.0. The van der Waals surface area contributed by atoms with E-state index in [0.717, 1.165) is 53.3 Å². The van der Waals surface area contributed by atoms with Crippen LogP contribution in [0, 0.1) is 0 Å². The maximum Gasteiger partial charge on any atom is 0.270 e. The summed E-state index contributed by atoms with van der Waals surface area (Å²) < 4.78 is 18.9. The molecule has 4 aromatic rings. The lowest BCUT2D eigenvalue weighted by Crippen LogP contribution is -2.48. The van der Waals surface area contributed by atoms with Crippen LogP contribution in [-0.2, 0) is 13.1 Å². The minimum atomic E-state index is 0.0356. The second-order valence-electron chi connectivity index (χ2n) is 9.62. The van der Waals surface area contributed by atoms with Crippen molar-refractivity contribution in [1.82, 2.24) is 14.4 Å². The zero-order valence-electron chi connectivity index (χ0n) is 21.4. The lowest BCUT2D eigenvalue weighted by molar-refractivity contribution is 0.0619. The molecule has 1 aromatic heterocycles. The molecular weight excluding hydrogens is 502 g/mol. The number of benzene rings is 3. The molecule has 6 rings (SSSR count). The Bertz CT molecular complexity index is 1480. The van der Waals surface area contributed by atoms with E-state index in [-0.39, 0.29) is 12.7 Å². The number of amides is 1. The molecule has 2 aliphatic rings. The lowest BCUT2D eigenvalue weighted by atomic mass is 10.1. The molecule has 1 fully saturated rings. The van der Waals surface area contributed by atoms with Crippen molar-refractivity contribution in [3.63, 3.8) is 0 Å². The molecule has 0 bridgehead atoms. The number of rotatable bonds is 7. The van der Waals surface area contributed by atoms with Gasteiger partial charge in [0.2, 0.25) is 6.79 Å². The van der Waals surface area contributed by atoms with Crippen molar-refractivity contribution in [2.24, 2.45) is 0 Å². The summed E-state index contributed by atoms with van der Waals surface area (Å²) in [6, 6.07) is 21.8. The summed E-state index contributed by atoms with van der Waals surface area (Å²) in [4.78, 5) is 18.2. The summed E-state index contributed by atoms with van der Waals surface area (Å²) in [7, 11) is 0. The summed E-state index contributed by atoms with van der Waals surface area (Å²) in [5.41, 5.74) is 3.86. The van der Waals surface area contributed by atoms with Gasteiger partial charge in [0.25, 0.3) is 5.91 Å². The van der Waals surface area contributed by atoms with Crippen molar-refractivity contribution in [2.45, 2.75) is 20.0 Å². The Morgan fingerprint density at radius 1 is 0.895 bits per heavy atom. The van der Waals surface area contributed by atoms with E-state index in [0.29, 0.717) is 37.0 Å². The third kappa shape index (κ3) is 4.91. The van der Waals surface area contributed by atoms with Crippen LogP contribution in [0.25, 0.3) is 10.9 Å². The number of hydrogen-bond acceptors (Lipinski definition) is 5. The van der Waals surface area contributed by atoms with Gasteiger partial charge in [-0.3, -0.25) is 9.69 Å². The molecule has 2 aliphatic heterocycles. The minimum Gasteiger partial charge on any atom is -0.493 e. The van der Waals surface area contributed by atoms with Crippen LogP contribution < -0.4 is 14.2 Å². The van der Waals surface area contributed by atoms with Gasteiger partial charge < -0.3 is 23.7 Å². The average molecular weight is 532 g/mol. The van der Waals surface area contributed by atoms with E-state index in [1.165, 1.54) is 5.56 Å². The van der Waals surface area contributed by atoms with Crippen LogP contribution in [0.4, 0.5) is 0 Å². The number of aromatic nitrogens is 1. The molecule has 1 amide bonds. The fourth-order valence-electron chi connectivity index (χ4n) is 5.27. The highest BCUT2D eigenvalue weighted by Crippen LogP contribution is 2.33. The van der Waals surface area contributed by atoms with Crippen LogP contribution in [0.1, 0.15) is 28.5 Å². The van der Waals surface area contributed by atoms with Gasteiger partial charge in [0, 0.05) is 49.7 Å². The number of hydrogen-bond donors (Lipinski definition) is 0. The Morgan fingerprint density at radius 3 is 2.50 bits per heavy atom. The molecule has 0 unspecified atom stereocenters. The standard InChI is InChI=1S/C30H30ClN3O4/c1-2-36-27-8-4-7-25-24(27)17-26(34(25)19-21-5-3-6-23(31)15-21)30(35)33-13-11-32(12-14-33)18-22-9-10-28-29(16-22)38-20-37-28/h3-10,15-17H,2,11-14,18-20H2,1H3. The molecule has 38 heavy (non-hydrogen) atoms. The predicted octanol–water partition coefficient (Wildman–Crippen LogP) is 5.43. The number of carbonyl (C=O) groups is 1. The fourth-order valence-corrected chi connectivity index (χ4v) is 5.49. The van der Waals surface area contributed by atoms with Gasteiger partial charge in [-0.2, -0.15) is 0 Å². The monoisotopic (exact) mass is 531 g/mol. The van der Waals surface area contributed by atoms with Gasteiger partial charge in [0.1, 0.15) is 11.4 Å². The molecule has 3 heterocycles. The Labute approximate surface area is 227 Å². The second kappa shape index (κ2) is 10.6. The highest BCUT2D eigenvalue weighted by atomic mass is 35.5. The van der Waals surface area contributed by atoms with Gasteiger partial charge in [0.15, 0.2) is 11.5 Å². The van der Waals surface area contributed by atoms with Gasteiger partial charge in [-0.05, 0) is 60.5 Å². The van der Waals surface area contributed by atoms with E-state index >= 15 is 0 Å². The molecule has 0 saturated carbocycles. The van der Waals surface area contributed by atoms with Crippen molar-refractivity contribution in [3.8, 4) is 17.2 Å². The predicted molar refractivity (Wildman–Crippen MR) is 147 cm³/mol. The number of halogens is 1. The SMILES string of the molecule is CCOc1cccc2c1cc(C(=O)N1CCN(Cc3ccc4c(c3)OCO4)CC1)n2Cc1cccc(Cl)c1. The molecule has 3 aromatic carbocycles. The van der Waals surface area contributed by atoms with Crippen LogP contribution in [0.3, 0.4) is 0 Å². The first-order valence-corrected chi connectivity index (χ1v) is 13.4. The zero-order chi connectivity index (χ0) is 26.1. The van der Waals surface area contributed by atoms with E-state index < -0.39 is 0 Å². The summed E-state index contributed by atoms with van der Waals surface area (Å²) in [6.07, 6.45) is 0. The number of fused-ring (bicyclic) bond motifs is 2. The number of piperazine rings is 1. The van der Waals surface area contributed by atoms with Gasteiger partial charge in [0.05, 0.1) is 12.1 Å². The lowest BCUT2D eigenvalue weighted by Gasteiger charge is -2.35. The highest BCUT2D eigenvalue weighted by molar-refractivity contribution is 6.30. The van der Waals surface area contributed by atoms with Crippen LogP contribution in [0.5, 0.6) is 17.2 Å². The van der Waals surface area contributed by atoms with Gasteiger partial charge in [-0.1, -0.05) is 35.9 Å². The summed E-state index contributed by atoms with van der Waals surface area (Å²) >= 11 is 6.27. The van der Waals surface area contributed by atoms with E-state index in [2.05, 4.69) is 15.5 Å². The van der Waals surface area contributed by atoms with E-state index in [9.17, 15) is 4.79 Å². The van der Waals surface area contributed by atoms with Crippen LogP contribution in [-0.4, -0.2) is 59.9 Å². The Balaban J connectivity index is 1.22. The number of ether oxygens (including phenoxy) is 3. The topological polar surface area (TPSA) is 56.2 Å². The molecule has 0 aliphatic carbocycles. The first kappa shape index (κ1) is 24.6. The Morgan fingerprint density at radius 2 is 1.68 bits per heavy atom.